The SMILES string of the molecule is C[C@@H](c1ccccc1)N1C[C@@H](C(=O)Nc2ccc(S(=O)(=O)NCc3ccco3)cc2)CC1=O. The van der Waals surface area contributed by atoms with Crippen LogP contribution in [0.3, 0.4) is 0 Å². The molecular weight excluding hydrogens is 442 g/mol. The van der Waals surface area contributed by atoms with Crippen LogP contribution in [-0.4, -0.2) is 31.7 Å². The van der Waals surface area contributed by atoms with Crippen LogP contribution in [0.25, 0.3) is 0 Å². The molecule has 1 saturated heterocycles. The third kappa shape index (κ3) is 5.32. The van der Waals surface area contributed by atoms with Crippen LogP contribution in [-0.2, 0) is 26.2 Å². The molecule has 1 aromatic heterocycles. The Morgan fingerprint density at radius 1 is 1.09 bits per heavy atom. The standard InChI is InChI=1S/C24H25N3O5S/c1-17(18-6-3-2-4-7-18)27-16-19(14-23(27)28)24(29)26-20-9-11-22(12-10-20)33(30,31)25-15-21-8-5-13-32-21/h2-13,17,19,25H,14-16H2,1H3,(H,26,29)/t17-,19-/m0/s1. The van der Waals surface area contributed by atoms with E-state index in [0.29, 0.717) is 18.0 Å². The molecule has 2 N–H and O–H groups in total. The molecule has 3 aromatic rings. The third-order valence-corrected chi connectivity index (χ3v) is 7.14. The molecule has 0 radical (unpaired) electrons. The normalized spacial score (nSPS) is 17.2. The molecular formula is C24H25N3O5S. The minimum Gasteiger partial charge on any atom is -0.468 e. The van der Waals surface area contributed by atoms with Gasteiger partial charge < -0.3 is 14.6 Å². The largest absolute Gasteiger partial charge is 0.468 e. The van der Waals surface area contributed by atoms with Gasteiger partial charge in [-0.2, -0.15) is 0 Å². The molecule has 172 valence electrons. The van der Waals surface area contributed by atoms with Crippen molar-refractivity contribution in [1.82, 2.24) is 9.62 Å². The second-order valence-electron chi connectivity index (χ2n) is 7.95. The quantitative estimate of drug-likeness (QED) is 0.528. The number of anilines is 1. The van der Waals surface area contributed by atoms with Crippen LogP contribution in [0.1, 0.15) is 30.7 Å². The Morgan fingerprint density at radius 2 is 1.82 bits per heavy atom. The van der Waals surface area contributed by atoms with Crippen molar-refractivity contribution >= 4 is 27.5 Å². The highest BCUT2D eigenvalue weighted by Crippen LogP contribution is 2.29. The summed E-state index contributed by atoms with van der Waals surface area (Å²) in [6, 6.07) is 18.8. The maximum Gasteiger partial charge on any atom is 0.240 e. The van der Waals surface area contributed by atoms with E-state index < -0.39 is 15.9 Å². The molecule has 4 rings (SSSR count). The third-order valence-electron chi connectivity index (χ3n) is 5.73. The van der Waals surface area contributed by atoms with Crippen LogP contribution in [0.2, 0.25) is 0 Å². The first-order valence-electron chi connectivity index (χ1n) is 10.6. The van der Waals surface area contributed by atoms with Crippen molar-refractivity contribution < 1.29 is 22.4 Å². The Morgan fingerprint density at radius 3 is 2.48 bits per heavy atom. The molecule has 8 nitrogen and oxygen atoms in total. The Hall–Kier alpha value is -3.43. The summed E-state index contributed by atoms with van der Waals surface area (Å²) in [4.78, 5) is 27.1. The number of nitrogens with one attached hydrogen (secondary N) is 2. The van der Waals surface area contributed by atoms with E-state index in [9.17, 15) is 18.0 Å². The number of furan rings is 1. The molecule has 2 atom stereocenters. The zero-order valence-corrected chi connectivity index (χ0v) is 18.9. The van der Waals surface area contributed by atoms with E-state index in [1.54, 1.807) is 17.0 Å². The molecule has 1 aliphatic rings. The van der Waals surface area contributed by atoms with Gasteiger partial charge in [-0.05, 0) is 48.9 Å². The number of carbonyl (C=O) groups is 2. The van der Waals surface area contributed by atoms with Gasteiger partial charge in [0, 0.05) is 18.7 Å². The highest BCUT2D eigenvalue weighted by molar-refractivity contribution is 7.89. The number of hydrogen-bond donors (Lipinski definition) is 2. The Labute approximate surface area is 192 Å². The van der Waals surface area contributed by atoms with Crippen LogP contribution in [0.4, 0.5) is 5.69 Å². The molecule has 1 fully saturated rings. The van der Waals surface area contributed by atoms with Gasteiger partial charge in [0.05, 0.1) is 29.7 Å². The molecule has 0 saturated carbocycles. The maximum atomic E-state index is 12.7. The van der Waals surface area contributed by atoms with E-state index in [-0.39, 0.29) is 35.7 Å². The first-order chi connectivity index (χ1) is 15.8. The van der Waals surface area contributed by atoms with Gasteiger partial charge in [0.15, 0.2) is 0 Å². The number of rotatable bonds is 8. The van der Waals surface area contributed by atoms with Crippen LogP contribution in [0.15, 0.2) is 82.3 Å². The lowest BCUT2D eigenvalue weighted by Gasteiger charge is -2.25. The predicted octanol–water partition coefficient (Wildman–Crippen LogP) is 3.31. The van der Waals surface area contributed by atoms with E-state index in [0.717, 1.165) is 5.56 Å². The summed E-state index contributed by atoms with van der Waals surface area (Å²) in [6.07, 6.45) is 1.62. The summed E-state index contributed by atoms with van der Waals surface area (Å²) in [6.45, 7) is 2.33. The van der Waals surface area contributed by atoms with Gasteiger partial charge in [-0.15, -0.1) is 0 Å². The van der Waals surface area contributed by atoms with E-state index in [4.69, 9.17) is 4.42 Å². The van der Waals surface area contributed by atoms with Crippen molar-refractivity contribution in [3.8, 4) is 0 Å². The Kier molecular flexibility index (Phi) is 6.62. The van der Waals surface area contributed by atoms with Crippen molar-refractivity contribution in [3.63, 3.8) is 0 Å². The zero-order valence-electron chi connectivity index (χ0n) is 18.1. The fourth-order valence-electron chi connectivity index (χ4n) is 3.82. The fraction of sp³-hybridized carbons (Fsp3) is 0.250. The number of nitrogens with zero attached hydrogens (tertiary/aromatic N) is 1. The molecule has 33 heavy (non-hydrogen) atoms. The number of hydrogen-bond acceptors (Lipinski definition) is 5. The molecule has 2 heterocycles. The predicted molar refractivity (Wildman–Crippen MR) is 122 cm³/mol. The number of sulfonamides is 1. The van der Waals surface area contributed by atoms with Crippen molar-refractivity contribution in [2.24, 2.45) is 5.92 Å². The minimum atomic E-state index is -3.72. The second-order valence-corrected chi connectivity index (χ2v) is 9.72. The van der Waals surface area contributed by atoms with E-state index in [1.165, 1.54) is 30.5 Å². The number of carbonyl (C=O) groups excluding carboxylic acids is 2. The highest BCUT2D eigenvalue weighted by atomic mass is 32.2. The zero-order chi connectivity index (χ0) is 23.4. The summed E-state index contributed by atoms with van der Waals surface area (Å²) in [5.41, 5.74) is 1.48. The van der Waals surface area contributed by atoms with Gasteiger partial charge in [-0.1, -0.05) is 30.3 Å². The summed E-state index contributed by atoms with van der Waals surface area (Å²) in [5, 5.41) is 2.79. The van der Waals surface area contributed by atoms with E-state index in [2.05, 4.69) is 10.0 Å². The van der Waals surface area contributed by atoms with E-state index in [1.807, 2.05) is 37.3 Å². The molecule has 1 aliphatic heterocycles. The van der Waals surface area contributed by atoms with E-state index >= 15 is 0 Å². The molecule has 0 unspecified atom stereocenters. The smallest absolute Gasteiger partial charge is 0.240 e. The van der Waals surface area contributed by atoms with Gasteiger partial charge in [0.25, 0.3) is 0 Å². The van der Waals surface area contributed by atoms with Crippen LogP contribution < -0.4 is 10.0 Å². The second kappa shape index (κ2) is 9.60. The minimum absolute atomic E-state index is 0.0431. The molecule has 0 bridgehead atoms. The average molecular weight is 468 g/mol. The molecule has 0 aliphatic carbocycles. The lowest BCUT2D eigenvalue weighted by atomic mass is 10.1. The highest BCUT2D eigenvalue weighted by Gasteiger charge is 2.37. The summed E-state index contributed by atoms with van der Waals surface area (Å²) in [5.74, 6) is -0.292. The number of amides is 2. The molecule has 9 heteroatoms. The van der Waals surface area contributed by atoms with Crippen LogP contribution >= 0.6 is 0 Å². The van der Waals surface area contributed by atoms with Crippen molar-refractivity contribution in [1.29, 1.82) is 0 Å². The summed E-state index contributed by atoms with van der Waals surface area (Å²) in [7, 11) is -3.72. The van der Waals surface area contributed by atoms with Gasteiger partial charge in [0.2, 0.25) is 21.8 Å². The van der Waals surface area contributed by atoms with Gasteiger partial charge in [0.1, 0.15) is 5.76 Å². The van der Waals surface area contributed by atoms with Crippen LogP contribution in [0.5, 0.6) is 0 Å². The fourth-order valence-corrected chi connectivity index (χ4v) is 4.81. The van der Waals surface area contributed by atoms with Gasteiger partial charge >= 0.3 is 0 Å². The van der Waals surface area contributed by atoms with Crippen molar-refractivity contribution in [2.45, 2.75) is 30.8 Å². The van der Waals surface area contributed by atoms with Gasteiger partial charge in [-0.3, -0.25) is 9.59 Å². The summed E-state index contributed by atoms with van der Waals surface area (Å²) >= 11 is 0. The van der Waals surface area contributed by atoms with Crippen molar-refractivity contribution in [3.05, 3.63) is 84.3 Å². The van der Waals surface area contributed by atoms with Crippen LogP contribution in [0, 0.1) is 5.92 Å². The Bertz CT molecular complexity index is 1210. The first-order valence-corrected chi connectivity index (χ1v) is 12.1. The topological polar surface area (TPSA) is 109 Å². The monoisotopic (exact) mass is 467 g/mol. The average Bonchev–Trinajstić information content (AvgIpc) is 3.48. The lowest BCUT2D eigenvalue weighted by molar-refractivity contribution is -0.129. The molecule has 2 aromatic carbocycles. The maximum absolute atomic E-state index is 12.7. The van der Waals surface area contributed by atoms with Gasteiger partial charge in [-0.25, -0.2) is 13.1 Å². The first kappa shape index (κ1) is 22.8. The summed E-state index contributed by atoms with van der Waals surface area (Å²) < 4.78 is 32.5. The Balaban J connectivity index is 1.35. The molecule has 0 spiro atoms. The molecule has 2 amide bonds. The lowest BCUT2D eigenvalue weighted by Crippen LogP contribution is -2.30. The number of benzene rings is 2. The number of likely N-dealkylation sites (tertiary alicyclic amines) is 1. The van der Waals surface area contributed by atoms with Crippen molar-refractivity contribution in [2.75, 3.05) is 11.9 Å².